The van der Waals surface area contributed by atoms with Crippen LogP contribution in [0.1, 0.15) is 52.1 Å². The van der Waals surface area contributed by atoms with Crippen LogP contribution in [-0.2, 0) is 7.05 Å². The van der Waals surface area contributed by atoms with Crippen LogP contribution in [0.15, 0.2) is 30.9 Å². The van der Waals surface area contributed by atoms with Crippen LogP contribution in [-0.4, -0.2) is 61.3 Å². The van der Waals surface area contributed by atoms with E-state index in [-0.39, 0.29) is 17.5 Å². The Morgan fingerprint density at radius 2 is 1.97 bits per heavy atom. The second kappa shape index (κ2) is 9.41. The van der Waals surface area contributed by atoms with Crippen molar-refractivity contribution >= 4 is 50.0 Å². The standard InChI is InChI=1S/C25H26N8O2S2/c1-26-18-11-19(22(35)27-8-10-32-9-4-7-25(32)5-3-6-25)36-23(18)30-21(34)17-13-29-33-15-20(37-24(17)33)16-12-28-31(2)14-16/h11-15H,3-10H2,2H3,(H,27,35)(H,30,34). The van der Waals surface area contributed by atoms with Crippen LogP contribution in [0.2, 0.25) is 0 Å². The van der Waals surface area contributed by atoms with Crippen molar-refractivity contribution in [1.29, 1.82) is 0 Å². The summed E-state index contributed by atoms with van der Waals surface area (Å²) in [4.78, 5) is 34.0. The third-order valence-corrected chi connectivity index (χ3v) is 9.61. The molecule has 1 aliphatic heterocycles. The second-order valence-corrected chi connectivity index (χ2v) is 11.7. The van der Waals surface area contributed by atoms with Crippen molar-refractivity contribution in [2.75, 3.05) is 25.0 Å². The Hall–Kier alpha value is -3.53. The molecule has 4 aromatic rings. The summed E-state index contributed by atoms with van der Waals surface area (Å²) >= 11 is 2.56. The van der Waals surface area contributed by atoms with Crippen LogP contribution in [0.3, 0.4) is 0 Å². The van der Waals surface area contributed by atoms with Crippen molar-refractivity contribution < 1.29 is 9.59 Å². The van der Waals surface area contributed by atoms with Gasteiger partial charge < -0.3 is 10.6 Å². The van der Waals surface area contributed by atoms with Gasteiger partial charge in [0, 0.05) is 43.6 Å². The van der Waals surface area contributed by atoms with E-state index in [4.69, 9.17) is 6.57 Å². The fraction of sp³-hybridized carbons (Fsp3) is 0.400. The molecule has 1 saturated heterocycles. The zero-order valence-corrected chi connectivity index (χ0v) is 22.0. The molecule has 1 saturated carbocycles. The van der Waals surface area contributed by atoms with E-state index in [1.807, 2.05) is 19.4 Å². The quantitative estimate of drug-likeness (QED) is 0.342. The van der Waals surface area contributed by atoms with Crippen LogP contribution in [0.25, 0.3) is 20.1 Å². The number of amides is 2. The highest BCUT2D eigenvalue weighted by Crippen LogP contribution is 2.45. The molecule has 190 valence electrons. The Kier molecular flexibility index (Phi) is 6.06. The zero-order valence-electron chi connectivity index (χ0n) is 20.4. The van der Waals surface area contributed by atoms with Gasteiger partial charge in [0.25, 0.3) is 11.8 Å². The number of likely N-dealkylation sites (tertiary alicyclic amines) is 1. The summed E-state index contributed by atoms with van der Waals surface area (Å²) in [7, 11) is 1.85. The Morgan fingerprint density at radius 3 is 2.70 bits per heavy atom. The van der Waals surface area contributed by atoms with Crippen molar-refractivity contribution in [2.24, 2.45) is 7.05 Å². The maximum Gasteiger partial charge on any atom is 0.260 e. The minimum atomic E-state index is -0.367. The Labute approximate surface area is 221 Å². The predicted octanol–water partition coefficient (Wildman–Crippen LogP) is 4.41. The smallest absolute Gasteiger partial charge is 0.260 e. The van der Waals surface area contributed by atoms with Gasteiger partial charge in [-0.2, -0.15) is 10.2 Å². The zero-order chi connectivity index (χ0) is 25.6. The number of anilines is 1. The molecule has 12 heteroatoms. The fourth-order valence-corrected chi connectivity index (χ4v) is 7.29. The van der Waals surface area contributed by atoms with Gasteiger partial charge in [0.05, 0.1) is 34.3 Å². The van der Waals surface area contributed by atoms with Crippen LogP contribution >= 0.6 is 22.7 Å². The average Bonchev–Trinajstić information content (AvgIpc) is 3.65. The highest BCUT2D eigenvalue weighted by molar-refractivity contribution is 7.21. The fourth-order valence-electron chi connectivity index (χ4n) is 5.35. The van der Waals surface area contributed by atoms with Gasteiger partial charge in [0.2, 0.25) is 5.69 Å². The first-order chi connectivity index (χ1) is 18.0. The van der Waals surface area contributed by atoms with Gasteiger partial charge in [0.1, 0.15) is 9.83 Å². The van der Waals surface area contributed by atoms with Crippen molar-refractivity contribution in [2.45, 2.75) is 37.6 Å². The predicted molar refractivity (Wildman–Crippen MR) is 144 cm³/mol. The van der Waals surface area contributed by atoms with Gasteiger partial charge >= 0.3 is 0 Å². The van der Waals surface area contributed by atoms with Gasteiger partial charge in [-0.25, -0.2) is 9.36 Å². The molecule has 0 radical (unpaired) electrons. The lowest BCUT2D eigenvalue weighted by molar-refractivity contribution is 0.0561. The first-order valence-electron chi connectivity index (χ1n) is 12.3. The third kappa shape index (κ3) is 4.33. The van der Waals surface area contributed by atoms with Crippen LogP contribution < -0.4 is 10.6 Å². The molecule has 0 unspecified atom stereocenters. The summed E-state index contributed by atoms with van der Waals surface area (Å²) in [5.74, 6) is -0.585. The number of nitrogens with zero attached hydrogens (tertiary/aromatic N) is 6. The van der Waals surface area contributed by atoms with E-state index >= 15 is 0 Å². The molecule has 37 heavy (non-hydrogen) atoms. The number of thiophene rings is 1. The lowest BCUT2D eigenvalue weighted by Crippen LogP contribution is -2.51. The number of aryl methyl sites for hydroxylation is 1. The van der Waals surface area contributed by atoms with E-state index in [9.17, 15) is 9.59 Å². The molecule has 6 rings (SSSR count). The van der Waals surface area contributed by atoms with E-state index in [2.05, 4.69) is 30.6 Å². The number of aromatic nitrogens is 4. The summed E-state index contributed by atoms with van der Waals surface area (Å²) in [6, 6.07) is 1.55. The maximum atomic E-state index is 13.1. The maximum absolute atomic E-state index is 13.1. The molecule has 2 amide bonds. The molecule has 0 atom stereocenters. The molecule has 1 spiro atoms. The monoisotopic (exact) mass is 534 g/mol. The molecule has 4 aromatic heterocycles. The molecule has 1 aliphatic carbocycles. The van der Waals surface area contributed by atoms with Gasteiger partial charge in [-0.3, -0.25) is 19.2 Å². The highest BCUT2D eigenvalue weighted by Gasteiger charge is 2.44. The largest absolute Gasteiger partial charge is 0.350 e. The molecule has 2 N–H and O–H groups in total. The van der Waals surface area contributed by atoms with Crippen LogP contribution in [0.5, 0.6) is 0 Å². The minimum Gasteiger partial charge on any atom is -0.350 e. The number of carbonyl (C=O) groups excluding carboxylic acids is 2. The minimum absolute atomic E-state index is 0.218. The molecule has 5 heterocycles. The van der Waals surface area contributed by atoms with E-state index < -0.39 is 0 Å². The molecular weight excluding hydrogens is 508 g/mol. The van der Waals surface area contributed by atoms with Gasteiger partial charge in [-0.1, -0.05) is 0 Å². The van der Waals surface area contributed by atoms with Crippen molar-refractivity contribution in [3.63, 3.8) is 0 Å². The Bertz CT molecular complexity index is 1530. The Morgan fingerprint density at radius 1 is 1.14 bits per heavy atom. The van der Waals surface area contributed by atoms with Crippen molar-refractivity contribution in [3.05, 3.63) is 52.7 Å². The van der Waals surface area contributed by atoms with Crippen molar-refractivity contribution in [3.8, 4) is 10.4 Å². The number of carbonyl (C=O) groups is 2. The number of hydrogen-bond donors (Lipinski definition) is 2. The number of fused-ring (bicyclic) bond motifs is 1. The SMILES string of the molecule is [C-]#[N+]c1cc(C(=O)NCCN2CCCC23CCC3)sc1NC(=O)c1cnn2cc(-c3cnn(C)c3)sc12. The molecule has 0 bridgehead atoms. The lowest BCUT2D eigenvalue weighted by atomic mass is 9.75. The van der Waals surface area contributed by atoms with E-state index in [0.29, 0.717) is 32.4 Å². The van der Waals surface area contributed by atoms with E-state index in [1.54, 1.807) is 21.5 Å². The summed E-state index contributed by atoms with van der Waals surface area (Å²) in [6.45, 7) is 10.0. The summed E-state index contributed by atoms with van der Waals surface area (Å²) in [6.07, 6.45) is 13.4. The average molecular weight is 535 g/mol. The second-order valence-electron chi connectivity index (χ2n) is 9.62. The molecule has 2 aliphatic rings. The van der Waals surface area contributed by atoms with E-state index in [0.717, 1.165) is 34.9 Å². The summed E-state index contributed by atoms with van der Waals surface area (Å²) in [5, 5.41) is 14.7. The molecule has 0 aromatic carbocycles. The first kappa shape index (κ1) is 23.8. The van der Waals surface area contributed by atoms with Crippen LogP contribution in [0.4, 0.5) is 10.7 Å². The Balaban J connectivity index is 1.12. The van der Waals surface area contributed by atoms with Crippen LogP contribution in [0, 0.1) is 6.57 Å². The molecule has 2 fully saturated rings. The lowest BCUT2D eigenvalue weighted by Gasteiger charge is -2.46. The number of thiazole rings is 1. The highest BCUT2D eigenvalue weighted by atomic mass is 32.1. The molecular formula is C25H26N8O2S2. The van der Waals surface area contributed by atoms with Gasteiger partial charge in [-0.15, -0.1) is 22.7 Å². The van der Waals surface area contributed by atoms with Gasteiger partial charge in [-0.05, 0) is 44.7 Å². The summed E-state index contributed by atoms with van der Waals surface area (Å²) < 4.78 is 3.39. The normalized spacial score (nSPS) is 16.6. The topological polar surface area (TPSA) is 101 Å². The number of rotatable bonds is 7. The summed E-state index contributed by atoms with van der Waals surface area (Å²) in [5.41, 5.74) is 1.98. The molecule has 10 nitrogen and oxygen atoms in total. The number of nitrogens with one attached hydrogen (secondary N) is 2. The van der Waals surface area contributed by atoms with Gasteiger partial charge in [0.15, 0.2) is 0 Å². The number of hydrogen-bond acceptors (Lipinski definition) is 7. The van der Waals surface area contributed by atoms with E-state index in [1.165, 1.54) is 49.6 Å². The first-order valence-corrected chi connectivity index (χ1v) is 13.9. The van der Waals surface area contributed by atoms with Crippen molar-refractivity contribution in [1.82, 2.24) is 29.6 Å². The third-order valence-electron chi connectivity index (χ3n) is 7.41.